The van der Waals surface area contributed by atoms with Gasteiger partial charge in [0.1, 0.15) is 5.54 Å². The maximum absolute atomic E-state index is 12.7. The molecule has 1 saturated heterocycles. The molecule has 21 heavy (non-hydrogen) atoms. The molecule has 0 aromatic rings. The number of hydrogen-bond acceptors (Lipinski definition) is 3. The van der Waals surface area contributed by atoms with E-state index in [9.17, 15) is 19.5 Å². The van der Waals surface area contributed by atoms with Crippen LogP contribution in [0.5, 0.6) is 0 Å². The molecule has 3 rings (SSSR count). The van der Waals surface area contributed by atoms with Crippen molar-refractivity contribution in [1.29, 1.82) is 0 Å². The second-order valence-corrected chi connectivity index (χ2v) is 7.05. The van der Waals surface area contributed by atoms with Gasteiger partial charge in [0.05, 0.1) is 11.8 Å². The molecule has 1 aliphatic heterocycles. The second kappa shape index (κ2) is 5.11. The summed E-state index contributed by atoms with van der Waals surface area (Å²) in [6.45, 7) is 2.06. The summed E-state index contributed by atoms with van der Waals surface area (Å²) in [7, 11) is 0. The molecule has 0 aromatic heterocycles. The first kappa shape index (κ1) is 14.5. The lowest BCUT2D eigenvalue weighted by atomic mass is 9.87. The summed E-state index contributed by atoms with van der Waals surface area (Å²) in [6.07, 6.45) is 5.78. The summed E-state index contributed by atoms with van der Waals surface area (Å²) in [6, 6.07) is 0. The molecule has 0 radical (unpaired) electrons. The van der Waals surface area contributed by atoms with Crippen molar-refractivity contribution in [3.05, 3.63) is 0 Å². The molecule has 2 amide bonds. The maximum atomic E-state index is 12.7. The van der Waals surface area contributed by atoms with Crippen LogP contribution in [0.1, 0.15) is 58.3 Å². The topological polar surface area (TPSA) is 74.7 Å². The van der Waals surface area contributed by atoms with Gasteiger partial charge in [0, 0.05) is 0 Å². The Morgan fingerprint density at radius 2 is 1.52 bits per heavy atom. The van der Waals surface area contributed by atoms with E-state index in [-0.39, 0.29) is 23.7 Å². The zero-order valence-electron chi connectivity index (χ0n) is 12.5. The van der Waals surface area contributed by atoms with E-state index in [4.69, 9.17) is 0 Å². The fourth-order valence-electron chi connectivity index (χ4n) is 4.55. The minimum atomic E-state index is -1.28. The Morgan fingerprint density at radius 3 is 1.95 bits per heavy atom. The number of carbonyl (C=O) groups excluding carboxylic acids is 2. The predicted octanol–water partition coefficient (Wildman–Crippen LogP) is 2.20. The molecule has 1 heterocycles. The van der Waals surface area contributed by atoms with E-state index in [1.54, 1.807) is 0 Å². The van der Waals surface area contributed by atoms with Crippen LogP contribution in [0.4, 0.5) is 0 Å². The Bertz CT molecular complexity index is 455. The van der Waals surface area contributed by atoms with Crippen LogP contribution in [0.3, 0.4) is 0 Å². The van der Waals surface area contributed by atoms with Gasteiger partial charge in [0.25, 0.3) is 0 Å². The molecule has 5 heteroatoms. The Balaban J connectivity index is 1.95. The van der Waals surface area contributed by atoms with E-state index in [0.717, 1.165) is 38.5 Å². The summed E-state index contributed by atoms with van der Waals surface area (Å²) >= 11 is 0. The Kier molecular flexibility index (Phi) is 3.54. The van der Waals surface area contributed by atoms with Crippen molar-refractivity contribution in [2.24, 2.45) is 17.8 Å². The van der Waals surface area contributed by atoms with Crippen molar-refractivity contribution in [3.8, 4) is 0 Å². The molecule has 116 valence electrons. The highest BCUT2D eigenvalue weighted by Crippen LogP contribution is 2.47. The normalized spacial score (nSPS) is 35.7. The molecular formula is C16H23NO4. The Hall–Kier alpha value is -1.39. The Labute approximate surface area is 124 Å². The number of likely N-dealkylation sites (tertiary alicyclic amines) is 1. The molecular weight excluding hydrogens is 270 g/mol. The number of carboxylic acid groups (broad SMARTS) is 1. The van der Waals surface area contributed by atoms with Gasteiger partial charge in [-0.1, -0.05) is 32.6 Å². The van der Waals surface area contributed by atoms with Gasteiger partial charge in [-0.15, -0.1) is 0 Å². The van der Waals surface area contributed by atoms with E-state index in [2.05, 4.69) is 6.92 Å². The third kappa shape index (κ3) is 2.09. The number of amides is 2. The van der Waals surface area contributed by atoms with Gasteiger partial charge in [-0.3, -0.25) is 14.5 Å². The molecule has 2 atom stereocenters. The SMILES string of the molecule is CC1CC2C(=O)N(C3(C(=O)O)CCCCCC3)C(=O)C2C1. The summed E-state index contributed by atoms with van der Waals surface area (Å²) in [4.78, 5) is 38.5. The number of rotatable bonds is 2. The molecule has 2 saturated carbocycles. The zero-order chi connectivity index (χ0) is 15.2. The minimum Gasteiger partial charge on any atom is -0.479 e. The summed E-state index contributed by atoms with van der Waals surface area (Å²) in [5, 5.41) is 9.78. The zero-order valence-corrected chi connectivity index (χ0v) is 12.5. The van der Waals surface area contributed by atoms with Gasteiger partial charge in [-0.05, 0) is 31.6 Å². The van der Waals surface area contributed by atoms with Crippen molar-refractivity contribution in [1.82, 2.24) is 4.90 Å². The molecule has 3 aliphatic rings. The number of aliphatic carboxylic acids is 1. The van der Waals surface area contributed by atoms with Crippen molar-refractivity contribution in [3.63, 3.8) is 0 Å². The molecule has 2 unspecified atom stereocenters. The predicted molar refractivity (Wildman–Crippen MR) is 75.3 cm³/mol. The molecule has 0 aromatic carbocycles. The molecule has 0 bridgehead atoms. The average Bonchev–Trinajstić information content (AvgIpc) is 2.79. The van der Waals surface area contributed by atoms with Crippen molar-refractivity contribution in [2.45, 2.75) is 63.8 Å². The standard InChI is InChI=1S/C16H23NO4/c1-10-8-11-12(9-10)14(19)17(13(11)18)16(15(20)21)6-4-2-3-5-7-16/h10-12H,2-9H2,1H3,(H,20,21). The molecule has 3 fully saturated rings. The highest BCUT2D eigenvalue weighted by Gasteiger charge is 2.60. The van der Waals surface area contributed by atoms with Crippen LogP contribution in [0.25, 0.3) is 0 Å². The fourth-order valence-corrected chi connectivity index (χ4v) is 4.55. The third-order valence-electron chi connectivity index (χ3n) is 5.63. The van der Waals surface area contributed by atoms with Gasteiger partial charge in [-0.25, -0.2) is 4.79 Å². The summed E-state index contributed by atoms with van der Waals surface area (Å²) in [5.74, 6) is -1.61. The first-order chi connectivity index (χ1) is 9.97. The highest BCUT2D eigenvalue weighted by molar-refractivity contribution is 6.09. The van der Waals surface area contributed by atoms with Crippen molar-refractivity contribution in [2.75, 3.05) is 0 Å². The third-order valence-corrected chi connectivity index (χ3v) is 5.63. The lowest BCUT2D eigenvalue weighted by molar-refractivity contribution is -0.165. The van der Waals surface area contributed by atoms with Crippen LogP contribution in [-0.4, -0.2) is 33.3 Å². The monoisotopic (exact) mass is 293 g/mol. The molecule has 5 nitrogen and oxygen atoms in total. The van der Waals surface area contributed by atoms with E-state index in [1.165, 1.54) is 4.90 Å². The minimum absolute atomic E-state index is 0.223. The number of fused-ring (bicyclic) bond motifs is 1. The van der Waals surface area contributed by atoms with Crippen molar-refractivity contribution >= 4 is 17.8 Å². The van der Waals surface area contributed by atoms with Gasteiger partial charge in [0.15, 0.2) is 0 Å². The first-order valence-corrected chi connectivity index (χ1v) is 8.08. The number of imide groups is 1. The second-order valence-electron chi connectivity index (χ2n) is 7.05. The number of carboxylic acids is 1. The number of carbonyl (C=O) groups is 3. The van der Waals surface area contributed by atoms with E-state index in [0.29, 0.717) is 18.8 Å². The smallest absolute Gasteiger partial charge is 0.330 e. The van der Waals surface area contributed by atoms with Crippen LogP contribution in [0.15, 0.2) is 0 Å². The quantitative estimate of drug-likeness (QED) is 0.625. The lowest BCUT2D eigenvalue weighted by Crippen LogP contribution is -2.57. The number of hydrogen-bond donors (Lipinski definition) is 1. The number of nitrogens with zero attached hydrogens (tertiary/aromatic N) is 1. The molecule has 2 aliphatic carbocycles. The van der Waals surface area contributed by atoms with Crippen LogP contribution in [-0.2, 0) is 14.4 Å². The van der Waals surface area contributed by atoms with Gasteiger partial charge in [-0.2, -0.15) is 0 Å². The summed E-state index contributed by atoms with van der Waals surface area (Å²) < 4.78 is 0. The molecule has 0 spiro atoms. The molecule has 1 N–H and O–H groups in total. The fraction of sp³-hybridized carbons (Fsp3) is 0.812. The van der Waals surface area contributed by atoms with Crippen LogP contribution in [0.2, 0.25) is 0 Å². The largest absolute Gasteiger partial charge is 0.479 e. The van der Waals surface area contributed by atoms with Gasteiger partial charge < -0.3 is 5.11 Å². The van der Waals surface area contributed by atoms with Crippen molar-refractivity contribution < 1.29 is 19.5 Å². The lowest BCUT2D eigenvalue weighted by Gasteiger charge is -2.37. The highest BCUT2D eigenvalue weighted by atomic mass is 16.4. The average molecular weight is 293 g/mol. The summed E-state index contributed by atoms with van der Waals surface area (Å²) in [5.41, 5.74) is -1.28. The van der Waals surface area contributed by atoms with Gasteiger partial charge >= 0.3 is 5.97 Å². The van der Waals surface area contributed by atoms with Crippen LogP contribution in [0, 0.1) is 17.8 Å². The maximum Gasteiger partial charge on any atom is 0.330 e. The Morgan fingerprint density at radius 1 is 1.05 bits per heavy atom. The van der Waals surface area contributed by atoms with Crippen LogP contribution < -0.4 is 0 Å². The van der Waals surface area contributed by atoms with E-state index < -0.39 is 11.5 Å². The van der Waals surface area contributed by atoms with Crippen LogP contribution >= 0.6 is 0 Å². The van der Waals surface area contributed by atoms with E-state index in [1.807, 2.05) is 0 Å². The first-order valence-electron chi connectivity index (χ1n) is 8.08. The van der Waals surface area contributed by atoms with E-state index >= 15 is 0 Å². The van der Waals surface area contributed by atoms with Gasteiger partial charge in [0.2, 0.25) is 11.8 Å².